The van der Waals surface area contributed by atoms with Crippen molar-refractivity contribution in [1.29, 1.82) is 0 Å². The number of carbonyl (C=O) groups is 1. The summed E-state index contributed by atoms with van der Waals surface area (Å²) in [6, 6.07) is 13.2. The molecule has 0 radical (unpaired) electrons. The average Bonchev–Trinajstić information content (AvgIpc) is 2.59. The Morgan fingerprint density at radius 2 is 1.91 bits per heavy atom. The molecule has 5 heteroatoms. The number of hydrogen-bond donors (Lipinski definition) is 1. The van der Waals surface area contributed by atoms with E-state index in [1.807, 2.05) is 30.3 Å². The lowest BCUT2D eigenvalue weighted by molar-refractivity contribution is -0.164. The van der Waals surface area contributed by atoms with Gasteiger partial charge in [-0.3, -0.25) is 0 Å². The van der Waals surface area contributed by atoms with Crippen molar-refractivity contribution in [3.8, 4) is 5.75 Å². The van der Waals surface area contributed by atoms with E-state index in [0.717, 1.165) is 11.6 Å². The third-order valence-electron chi connectivity index (χ3n) is 3.63. The van der Waals surface area contributed by atoms with Crippen LogP contribution in [-0.2, 0) is 21.7 Å². The van der Waals surface area contributed by atoms with Crippen LogP contribution in [-0.4, -0.2) is 18.2 Å². The predicted octanol–water partition coefficient (Wildman–Crippen LogP) is 3.18. The van der Waals surface area contributed by atoms with Gasteiger partial charge in [0.1, 0.15) is 18.2 Å². The Hall–Kier alpha value is -2.40. The minimum Gasteiger partial charge on any atom is -0.489 e. The normalized spacial score (nSPS) is 13.2. The van der Waals surface area contributed by atoms with Crippen molar-refractivity contribution in [1.82, 2.24) is 0 Å². The van der Waals surface area contributed by atoms with E-state index in [0.29, 0.717) is 0 Å². The lowest BCUT2D eigenvalue weighted by Gasteiger charge is -2.24. The Kier molecular flexibility index (Phi) is 5.34. The summed E-state index contributed by atoms with van der Waals surface area (Å²) in [4.78, 5) is 11.8. The molecule has 0 aromatic heterocycles. The molecule has 0 bridgehead atoms. The maximum Gasteiger partial charge on any atom is 0.342 e. The van der Waals surface area contributed by atoms with Gasteiger partial charge in [-0.05, 0) is 24.1 Å². The van der Waals surface area contributed by atoms with Crippen LogP contribution < -0.4 is 4.74 Å². The highest BCUT2D eigenvalue weighted by Gasteiger charge is 2.38. The molecule has 122 valence electrons. The van der Waals surface area contributed by atoms with Crippen LogP contribution in [0, 0.1) is 5.82 Å². The first-order chi connectivity index (χ1) is 11.0. The van der Waals surface area contributed by atoms with Gasteiger partial charge in [-0.15, -0.1) is 0 Å². The molecule has 1 N–H and O–H groups in total. The number of halogens is 1. The molecule has 1 atom stereocenters. The van der Waals surface area contributed by atoms with Crippen molar-refractivity contribution >= 4 is 5.97 Å². The van der Waals surface area contributed by atoms with Gasteiger partial charge in [-0.25, -0.2) is 9.18 Å². The fourth-order valence-electron chi connectivity index (χ4n) is 2.26. The standard InChI is InChI=1S/C18H19FO4/c1-3-18(21,17(20)22-2)14-9-15(19)11-16(10-14)23-12-13-7-5-4-6-8-13/h4-11,21H,3,12H2,1-2H3/t18-/m1/s1. The molecular formula is C18H19FO4. The number of carbonyl (C=O) groups excluding carboxylic acids is 1. The van der Waals surface area contributed by atoms with E-state index in [2.05, 4.69) is 4.74 Å². The second kappa shape index (κ2) is 7.24. The molecule has 0 saturated carbocycles. The summed E-state index contributed by atoms with van der Waals surface area (Å²) >= 11 is 0. The van der Waals surface area contributed by atoms with E-state index < -0.39 is 17.4 Å². The molecule has 23 heavy (non-hydrogen) atoms. The fourth-order valence-corrected chi connectivity index (χ4v) is 2.26. The van der Waals surface area contributed by atoms with E-state index in [1.165, 1.54) is 19.2 Å². The molecule has 0 aliphatic rings. The molecule has 2 aromatic rings. The van der Waals surface area contributed by atoms with E-state index in [4.69, 9.17) is 4.74 Å². The largest absolute Gasteiger partial charge is 0.489 e. The lowest BCUT2D eigenvalue weighted by atomic mass is 9.91. The van der Waals surface area contributed by atoms with Gasteiger partial charge in [0.25, 0.3) is 0 Å². The van der Waals surface area contributed by atoms with Crippen molar-refractivity contribution in [2.45, 2.75) is 25.6 Å². The summed E-state index contributed by atoms with van der Waals surface area (Å²) < 4.78 is 24.0. The molecule has 0 fully saturated rings. The van der Waals surface area contributed by atoms with Gasteiger partial charge < -0.3 is 14.6 Å². The van der Waals surface area contributed by atoms with E-state index in [9.17, 15) is 14.3 Å². The third kappa shape index (κ3) is 3.87. The zero-order valence-corrected chi connectivity index (χ0v) is 13.1. The van der Waals surface area contributed by atoms with Crippen LogP contribution in [0.25, 0.3) is 0 Å². The van der Waals surface area contributed by atoms with Gasteiger partial charge in [0, 0.05) is 11.6 Å². The SMILES string of the molecule is CC[C@](O)(C(=O)OC)c1cc(F)cc(OCc2ccccc2)c1. The lowest BCUT2D eigenvalue weighted by Crippen LogP contribution is -2.36. The van der Waals surface area contributed by atoms with Crippen LogP contribution in [0.4, 0.5) is 4.39 Å². The van der Waals surface area contributed by atoms with Crippen molar-refractivity contribution in [3.05, 3.63) is 65.5 Å². The summed E-state index contributed by atoms with van der Waals surface area (Å²) in [7, 11) is 1.18. The zero-order valence-electron chi connectivity index (χ0n) is 13.1. The third-order valence-corrected chi connectivity index (χ3v) is 3.63. The predicted molar refractivity (Wildman–Crippen MR) is 83.4 cm³/mol. The van der Waals surface area contributed by atoms with Crippen LogP contribution in [0.1, 0.15) is 24.5 Å². The van der Waals surface area contributed by atoms with Crippen LogP contribution in [0.15, 0.2) is 48.5 Å². The minimum atomic E-state index is -1.90. The van der Waals surface area contributed by atoms with Crippen LogP contribution in [0.2, 0.25) is 0 Å². The zero-order chi connectivity index (χ0) is 16.9. The van der Waals surface area contributed by atoms with Crippen molar-refractivity contribution in [3.63, 3.8) is 0 Å². The fraction of sp³-hybridized carbons (Fsp3) is 0.278. The Bertz CT molecular complexity index is 672. The molecule has 0 heterocycles. The summed E-state index contributed by atoms with van der Waals surface area (Å²) in [6.45, 7) is 1.87. The van der Waals surface area contributed by atoms with Gasteiger partial charge in [-0.2, -0.15) is 0 Å². The molecule has 0 spiro atoms. The van der Waals surface area contributed by atoms with Gasteiger partial charge in [0.15, 0.2) is 5.60 Å². The number of rotatable bonds is 6. The number of methoxy groups -OCH3 is 1. The molecule has 0 unspecified atom stereocenters. The smallest absolute Gasteiger partial charge is 0.342 e. The Morgan fingerprint density at radius 1 is 1.22 bits per heavy atom. The molecule has 0 amide bonds. The molecule has 0 aliphatic carbocycles. The van der Waals surface area contributed by atoms with Crippen LogP contribution in [0.3, 0.4) is 0 Å². The molecule has 0 saturated heterocycles. The highest BCUT2D eigenvalue weighted by molar-refractivity contribution is 5.81. The quantitative estimate of drug-likeness (QED) is 0.831. The summed E-state index contributed by atoms with van der Waals surface area (Å²) in [5.41, 5.74) is -0.867. The van der Waals surface area contributed by atoms with E-state index in [-0.39, 0.29) is 24.3 Å². The van der Waals surface area contributed by atoms with Crippen LogP contribution in [0.5, 0.6) is 5.75 Å². The maximum atomic E-state index is 13.8. The second-order valence-corrected chi connectivity index (χ2v) is 5.16. The molecular weight excluding hydrogens is 299 g/mol. The first kappa shape index (κ1) is 17.0. The summed E-state index contributed by atoms with van der Waals surface area (Å²) in [5.74, 6) is -1.19. The topological polar surface area (TPSA) is 55.8 Å². The Balaban J connectivity index is 2.26. The summed E-state index contributed by atoms with van der Waals surface area (Å²) in [5, 5.41) is 10.5. The summed E-state index contributed by atoms with van der Waals surface area (Å²) in [6.07, 6.45) is 0.0568. The molecule has 0 aliphatic heterocycles. The van der Waals surface area contributed by atoms with E-state index in [1.54, 1.807) is 6.92 Å². The van der Waals surface area contributed by atoms with Gasteiger partial charge in [0.2, 0.25) is 0 Å². The number of ether oxygens (including phenoxy) is 2. The highest BCUT2D eigenvalue weighted by atomic mass is 19.1. The van der Waals surface area contributed by atoms with Crippen LogP contribution >= 0.6 is 0 Å². The highest BCUT2D eigenvalue weighted by Crippen LogP contribution is 2.30. The van der Waals surface area contributed by atoms with Gasteiger partial charge in [0.05, 0.1) is 7.11 Å². The monoisotopic (exact) mass is 318 g/mol. The van der Waals surface area contributed by atoms with Gasteiger partial charge >= 0.3 is 5.97 Å². The van der Waals surface area contributed by atoms with Crippen molar-refractivity contribution in [2.24, 2.45) is 0 Å². The van der Waals surface area contributed by atoms with Crippen molar-refractivity contribution < 1.29 is 23.8 Å². The first-order valence-corrected chi connectivity index (χ1v) is 7.28. The number of benzene rings is 2. The molecule has 4 nitrogen and oxygen atoms in total. The number of aliphatic hydroxyl groups is 1. The second-order valence-electron chi connectivity index (χ2n) is 5.16. The molecule has 2 rings (SSSR count). The van der Waals surface area contributed by atoms with Crippen molar-refractivity contribution in [2.75, 3.05) is 7.11 Å². The average molecular weight is 318 g/mol. The Morgan fingerprint density at radius 3 is 2.52 bits per heavy atom. The number of esters is 1. The number of hydrogen-bond acceptors (Lipinski definition) is 4. The Labute approximate surface area is 134 Å². The maximum absolute atomic E-state index is 13.8. The minimum absolute atomic E-state index is 0.0568. The van der Waals surface area contributed by atoms with E-state index >= 15 is 0 Å². The van der Waals surface area contributed by atoms with Gasteiger partial charge in [-0.1, -0.05) is 37.3 Å². The molecule has 2 aromatic carbocycles. The first-order valence-electron chi connectivity index (χ1n) is 7.28.